The zero-order valence-corrected chi connectivity index (χ0v) is 13.0. The van der Waals surface area contributed by atoms with Gasteiger partial charge in [-0.1, -0.05) is 44.2 Å². The Balaban J connectivity index is 1.98. The molecule has 0 radical (unpaired) electrons. The maximum Gasteiger partial charge on any atom is 0.177 e. The van der Waals surface area contributed by atoms with Crippen molar-refractivity contribution in [1.29, 1.82) is 0 Å². The quantitative estimate of drug-likeness (QED) is 0.752. The Bertz CT molecular complexity index is 626. The summed E-state index contributed by atoms with van der Waals surface area (Å²) in [5.41, 5.74) is 2.47. The van der Waals surface area contributed by atoms with Crippen molar-refractivity contribution in [2.75, 3.05) is 0 Å². The fourth-order valence-electron chi connectivity index (χ4n) is 3.33. The molecule has 1 heterocycles. The molecule has 0 amide bonds. The van der Waals surface area contributed by atoms with Crippen molar-refractivity contribution in [2.24, 2.45) is 11.8 Å². The van der Waals surface area contributed by atoms with Crippen LogP contribution < -0.4 is 0 Å². The molecule has 1 saturated carbocycles. The smallest absolute Gasteiger partial charge is 0.177 e. The summed E-state index contributed by atoms with van der Waals surface area (Å²) in [6.07, 6.45) is 5.82. The first kappa shape index (κ1) is 13.6. The largest absolute Gasteiger partial charge is 0.337 e. The van der Waals surface area contributed by atoms with E-state index in [1.807, 2.05) is 0 Å². The van der Waals surface area contributed by atoms with Gasteiger partial charge in [0.05, 0.1) is 5.69 Å². The van der Waals surface area contributed by atoms with E-state index in [0.717, 1.165) is 16.6 Å². The average Bonchev–Trinajstić information content (AvgIpc) is 2.85. The number of hydrogen-bond acceptors (Lipinski definition) is 1. The number of benzene rings is 1. The molecule has 0 spiro atoms. The zero-order chi connectivity index (χ0) is 14.1. The Hall–Kier alpha value is -1.35. The van der Waals surface area contributed by atoms with Crippen LogP contribution >= 0.6 is 12.2 Å². The van der Waals surface area contributed by atoms with Gasteiger partial charge in [0.1, 0.15) is 0 Å². The highest BCUT2D eigenvalue weighted by Crippen LogP contribution is 2.38. The van der Waals surface area contributed by atoms with Gasteiger partial charge in [-0.05, 0) is 48.9 Å². The van der Waals surface area contributed by atoms with Crippen molar-refractivity contribution in [3.63, 3.8) is 0 Å². The average molecular weight is 286 g/mol. The van der Waals surface area contributed by atoms with Gasteiger partial charge in [0, 0.05) is 12.2 Å². The Kier molecular flexibility index (Phi) is 3.79. The minimum atomic E-state index is 0.537. The Morgan fingerprint density at radius 2 is 1.85 bits per heavy atom. The fraction of sp³-hybridized carbons (Fsp3) is 0.471. The van der Waals surface area contributed by atoms with E-state index in [-0.39, 0.29) is 0 Å². The Morgan fingerprint density at radius 3 is 2.55 bits per heavy atom. The second kappa shape index (κ2) is 5.57. The molecule has 3 atom stereocenters. The lowest BCUT2D eigenvalue weighted by Gasteiger charge is -2.33. The van der Waals surface area contributed by atoms with Crippen molar-refractivity contribution in [2.45, 2.75) is 39.2 Å². The van der Waals surface area contributed by atoms with Crippen LogP contribution in [0.1, 0.15) is 39.2 Å². The summed E-state index contributed by atoms with van der Waals surface area (Å²) < 4.78 is 3.20. The number of H-pyrrole nitrogens is 1. The highest BCUT2D eigenvalue weighted by molar-refractivity contribution is 7.71. The van der Waals surface area contributed by atoms with Crippen LogP contribution in [-0.2, 0) is 0 Å². The number of hydrogen-bond donors (Lipinski definition) is 1. The van der Waals surface area contributed by atoms with Crippen molar-refractivity contribution in [3.05, 3.63) is 41.3 Å². The highest BCUT2D eigenvalue weighted by atomic mass is 32.1. The molecule has 2 aromatic rings. The summed E-state index contributed by atoms with van der Waals surface area (Å²) in [5, 5.41) is 0. The Labute approximate surface area is 125 Å². The molecule has 0 aliphatic heterocycles. The molecule has 1 aromatic heterocycles. The zero-order valence-electron chi connectivity index (χ0n) is 12.2. The molecule has 0 bridgehead atoms. The monoisotopic (exact) mass is 286 g/mol. The van der Waals surface area contributed by atoms with Crippen molar-refractivity contribution in [1.82, 2.24) is 9.55 Å². The van der Waals surface area contributed by atoms with Crippen molar-refractivity contribution >= 4 is 12.2 Å². The maximum atomic E-state index is 5.53. The molecule has 3 rings (SSSR count). The number of aromatic nitrogens is 2. The number of nitrogens with one attached hydrogen (secondary N) is 1. The molecule has 3 unspecified atom stereocenters. The molecule has 1 N–H and O–H groups in total. The van der Waals surface area contributed by atoms with E-state index in [0.29, 0.717) is 6.04 Å². The fourth-order valence-corrected chi connectivity index (χ4v) is 3.63. The number of aromatic amines is 1. The van der Waals surface area contributed by atoms with Gasteiger partial charge in [-0.25, -0.2) is 0 Å². The van der Waals surface area contributed by atoms with E-state index >= 15 is 0 Å². The lowest BCUT2D eigenvalue weighted by molar-refractivity contribution is 0.210. The summed E-state index contributed by atoms with van der Waals surface area (Å²) in [6.45, 7) is 4.74. The second-order valence-corrected chi connectivity index (χ2v) is 6.52. The molecule has 1 aliphatic rings. The second-order valence-electron chi connectivity index (χ2n) is 6.14. The molecule has 106 valence electrons. The summed E-state index contributed by atoms with van der Waals surface area (Å²) in [6, 6.07) is 11.1. The van der Waals surface area contributed by atoms with E-state index in [9.17, 15) is 0 Å². The molecule has 0 saturated heterocycles. The van der Waals surface area contributed by atoms with Gasteiger partial charge in [0.2, 0.25) is 0 Å². The summed E-state index contributed by atoms with van der Waals surface area (Å²) >= 11 is 5.53. The lowest BCUT2D eigenvalue weighted by atomic mass is 9.79. The third-order valence-electron chi connectivity index (χ3n) is 4.82. The highest BCUT2D eigenvalue weighted by Gasteiger charge is 2.27. The maximum absolute atomic E-state index is 5.53. The van der Waals surface area contributed by atoms with Gasteiger partial charge in [-0.3, -0.25) is 0 Å². The van der Waals surface area contributed by atoms with Crippen LogP contribution in [0, 0.1) is 16.6 Å². The van der Waals surface area contributed by atoms with Gasteiger partial charge in [-0.15, -0.1) is 0 Å². The Morgan fingerprint density at radius 1 is 1.10 bits per heavy atom. The van der Waals surface area contributed by atoms with Crippen LogP contribution in [-0.4, -0.2) is 9.55 Å². The summed E-state index contributed by atoms with van der Waals surface area (Å²) in [7, 11) is 0. The van der Waals surface area contributed by atoms with E-state index in [1.165, 1.54) is 30.5 Å². The SMILES string of the molecule is CC1CCC(n2c(-c3ccccc3)c[nH]c2=S)CC1C. The first-order valence-electron chi connectivity index (χ1n) is 7.52. The predicted octanol–water partition coefficient (Wildman–Crippen LogP) is 5.21. The van der Waals surface area contributed by atoms with E-state index < -0.39 is 0 Å². The van der Waals surface area contributed by atoms with Gasteiger partial charge in [0.25, 0.3) is 0 Å². The number of rotatable bonds is 2. The third kappa shape index (κ3) is 2.47. The number of nitrogens with zero attached hydrogens (tertiary/aromatic N) is 1. The number of imidazole rings is 1. The minimum absolute atomic E-state index is 0.537. The van der Waals surface area contributed by atoms with Crippen LogP contribution in [0.15, 0.2) is 36.5 Å². The minimum Gasteiger partial charge on any atom is -0.337 e. The molecular formula is C17H22N2S. The molecule has 2 nitrogen and oxygen atoms in total. The molecule has 20 heavy (non-hydrogen) atoms. The first-order valence-corrected chi connectivity index (χ1v) is 7.93. The predicted molar refractivity (Wildman–Crippen MR) is 86.3 cm³/mol. The van der Waals surface area contributed by atoms with E-state index in [4.69, 9.17) is 12.2 Å². The topological polar surface area (TPSA) is 20.7 Å². The standard InChI is InChI=1S/C17H22N2S/c1-12-8-9-15(10-13(12)2)19-16(11-18-17(19)20)14-6-4-3-5-7-14/h3-7,11-13,15H,8-10H2,1-2H3,(H,18,20). The van der Waals surface area contributed by atoms with Gasteiger partial charge in [0.15, 0.2) is 4.77 Å². The van der Waals surface area contributed by atoms with Crippen molar-refractivity contribution in [3.8, 4) is 11.3 Å². The molecule has 3 heteroatoms. The van der Waals surface area contributed by atoms with Crippen LogP contribution in [0.2, 0.25) is 0 Å². The van der Waals surface area contributed by atoms with Crippen LogP contribution in [0.5, 0.6) is 0 Å². The van der Waals surface area contributed by atoms with Gasteiger partial charge >= 0.3 is 0 Å². The van der Waals surface area contributed by atoms with Crippen molar-refractivity contribution < 1.29 is 0 Å². The van der Waals surface area contributed by atoms with E-state index in [2.05, 4.69) is 59.9 Å². The van der Waals surface area contributed by atoms with Gasteiger partial charge < -0.3 is 9.55 Å². The lowest BCUT2D eigenvalue weighted by Crippen LogP contribution is -2.23. The van der Waals surface area contributed by atoms with Crippen LogP contribution in [0.25, 0.3) is 11.3 Å². The molecule has 1 aromatic carbocycles. The summed E-state index contributed by atoms with van der Waals surface area (Å²) in [5.74, 6) is 1.61. The molecular weight excluding hydrogens is 264 g/mol. The first-order chi connectivity index (χ1) is 9.66. The van der Waals surface area contributed by atoms with Crippen LogP contribution in [0.4, 0.5) is 0 Å². The van der Waals surface area contributed by atoms with Crippen LogP contribution in [0.3, 0.4) is 0 Å². The third-order valence-corrected chi connectivity index (χ3v) is 5.13. The molecule has 1 aliphatic carbocycles. The normalized spacial score (nSPS) is 26.6. The molecule has 1 fully saturated rings. The van der Waals surface area contributed by atoms with Gasteiger partial charge in [-0.2, -0.15) is 0 Å². The van der Waals surface area contributed by atoms with E-state index in [1.54, 1.807) is 0 Å². The summed E-state index contributed by atoms with van der Waals surface area (Å²) in [4.78, 5) is 3.24.